The van der Waals surface area contributed by atoms with Gasteiger partial charge in [-0.1, -0.05) is 19.8 Å². The van der Waals surface area contributed by atoms with Crippen molar-refractivity contribution in [2.45, 2.75) is 51.5 Å². The van der Waals surface area contributed by atoms with Crippen LogP contribution in [0.15, 0.2) is 16.5 Å². The van der Waals surface area contributed by atoms with Gasteiger partial charge in [0.2, 0.25) is 5.91 Å². The van der Waals surface area contributed by atoms with Crippen LogP contribution in [0.2, 0.25) is 0 Å². The first kappa shape index (κ1) is 16.9. The third-order valence-corrected chi connectivity index (χ3v) is 4.93. The maximum atomic E-state index is 12.9. The molecule has 1 aromatic heterocycles. The van der Waals surface area contributed by atoms with Gasteiger partial charge in [0, 0.05) is 26.1 Å². The molecular weight excluding hydrogens is 306 g/mol. The van der Waals surface area contributed by atoms with Crippen molar-refractivity contribution in [2.24, 2.45) is 0 Å². The van der Waals surface area contributed by atoms with Gasteiger partial charge in [-0.25, -0.2) is 4.79 Å². The van der Waals surface area contributed by atoms with Gasteiger partial charge in [0.15, 0.2) is 0 Å². The van der Waals surface area contributed by atoms with Crippen LogP contribution in [0.5, 0.6) is 0 Å². The smallest absolute Gasteiger partial charge is 0.317 e. The summed E-state index contributed by atoms with van der Waals surface area (Å²) in [6.45, 7) is 4.30. The minimum atomic E-state index is -0.132. The van der Waals surface area contributed by atoms with Gasteiger partial charge < -0.3 is 19.5 Å². The molecule has 0 saturated carbocycles. The monoisotopic (exact) mass is 333 g/mol. The van der Waals surface area contributed by atoms with Crippen molar-refractivity contribution in [3.05, 3.63) is 23.7 Å². The second kappa shape index (κ2) is 7.73. The number of carbonyl (C=O) groups excluding carboxylic acids is 2. The highest BCUT2D eigenvalue weighted by atomic mass is 16.3. The minimum absolute atomic E-state index is 0.00634. The first-order chi connectivity index (χ1) is 11.7. The Bertz CT molecular complexity index is 584. The molecule has 0 aromatic carbocycles. The van der Waals surface area contributed by atoms with Crippen LogP contribution in [-0.2, 0) is 11.2 Å². The average Bonchev–Trinajstić information content (AvgIpc) is 2.93. The number of rotatable bonds is 4. The molecule has 0 spiro atoms. The zero-order valence-electron chi connectivity index (χ0n) is 14.4. The summed E-state index contributed by atoms with van der Waals surface area (Å²) in [6, 6.07) is 3.87. The van der Waals surface area contributed by atoms with E-state index in [4.69, 9.17) is 4.42 Å². The van der Waals surface area contributed by atoms with E-state index in [1.807, 2.05) is 17.0 Å². The summed E-state index contributed by atoms with van der Waals surface area (Å²) in [4.78, 5) is 28.3. The van der Waals surface area contributed by atoms with Crippen molar-refractivity contribution >= 4 is 11.9 Å². The van der Waals surface area contributed by atoms with Crippen LogP contribution in [0.3, 0.4) is 0 Å². The summed E-state index contributed by atoms with van der Waals surface area (Å²) in [5.41, 5.74) is 0. The van der Waals surface area contributed by atoms with Gasteiger partial charge >= 0.3 is 6.03 Å². The van der Waals surface area contributed by atoms with E-state index in [0.29, 0.717) is 13.1 Å². The highest BCUT2D eigenvalue weighted by molar-refractivity contribution is 5.84. The quantitative estimate of drug-likeness (QED) is 0.921. The number of nitrogens with zero attached hydrogens (tertiary/aromatic N) is 2. The second-order valence-corrected chi connectivity index (χ2v) is 6.62. The average molecular weight is 333 g/mol. The third kappa shape index (κ3) is 3.74. The molecule has 1 aromatic rings. The highest BCUT2D eigenvalue weighted by Gasteiger charge is 2.31. The number of urea groups is 1. The number of nitrogens with one attached hydrogen (secondary N) is 1. The predicted octanol–water partition coefficient (Wildman–Crippen LogP) is 2.70. The molecule has 0 radical (unpaired) electrons. The molecule has 24 heavy (non-hydrogen) atoms. The van der Waals surface area contributed by atoms with Gasteiger partial charge in [0.05, 0.1) is 6.04 Å². The zero-order chi connectivity index (χ0) is 16.9. The third-order valence-electron chi connectivity index (χ3n) is 4.93. The molecule has 3 heterocycles. The van der Waals surface area contributed by atoms with Crippen LogP contribution in [0.4, 0.5) is 4.79 Å². The maximum Gasteiger partial charge on any atom is 0.317 e. The van der Waals surface area contributed by atoms with Crippen molar-refractivity contribution in [3.8, 4) is 0 Å². The molecule has 3 rings (SSSR count). The van der Waals surface area contributed by atoms with Gasteiger partial charge in [0.1, 0.15) is 18.1 Å². The first-order valence-corrected chi connectivity index (χ1v) is 9.10. The van der Waals surface area contributed by atoms with Crippen LogP contribution < -0.4 is 5.32 Å². The number of furan rings is 1. The molecule has 1 atom stereocenters. The Labute approximate surface area is 143 Å². The summed E-state index contributed by atoms with van der Waals surface area (Å²) in [5, 5.41) is 2.80. The van der Waals surface area contributed by atoms with Crippen molar-refractivity contribution < 1.29 is 14.0 Å². The van der Waals surface area contributed by atoms with E-state index in [1.165, 1.54) is 0 Å². The number of likely N-dealkylation sites (tertiary alicyclic amines) is 1. The van der Waals surface area contributed by atoms with Gasteiger partial charge in [-0.05, 0) is 31.4 Å². The Morgan fingerprint density at radius 3 is 2.88 bits per heavy atom. The lowest BCUT2D eigenvalue weighted by Gasteiger charge is -2.33. The SMILES string of the molecule is CCc1ccc(C2CCCCCN2C(=O)CN2CCCNC2=O)o1. The molecule has 6 heteroatoms. The number of hydrogen-bond acceptors (Lipinski definition) is 3. The predicted molar refractivity (Wildman–Crippen MR) is 90.6 cm³/mol. The topological polar surface area (TPSA) is 65.8 Å². The van der Waals surface area contributed by atoms with E-state index in [0.717, 1.165) is 56.6 Å². The molecule has 0 bridgehead atoms. The lowest BCUT2D eigenvalue weighted by Crippen LogP contribution is -2.51. The van der Waals surface area contributed by atoms with E-state index < -0.39 is 0 Å². The molecule has 1 N–H and O–H groups in total. The molecule has 3 amide bonds. The van der Waals surface area contributed by atoms with Crippen LogP contribution in [-0.4, -0.2) is 47.9 Å². The zero-order valence-corrected chi connectivity index (χ0v) is 14.4. The van der Waals surface area contributed by atoms with Crippen molar-refractivity contribution in [1.29, 1.82) is 0 Å². The number of aryl methyl sites for hydroxylation is 1. The Morgan fingerprint density at radius 1 is 1.25 bits per heavy atom. The molecule has 2 saturated heterocycles. The van der Waals surface area contributed by atoms with Crippen LogP contribution >= 0.6 is 0 Å². The summed E-state index contributed by atoms with van der Waals surface area (Å²) in [7, 11) is 0. The van der Waals surface area contributed by atoms with Gasteiger partial charge in [0.25, 0.3) is 0 Å². The fourth-order valence-electron chi connectivity index (χ4n) is 3.55. The Hall–Kier alpha value is -1.98. The Morgan fingerprint density at radius 2 is 2.12 bits per heavy atom. The minimum Gasteiger partial charge on any atom is -0.464 e. The van der Waals surface area contributed by atoms with Crippen LogP contribution in [0.1, 0.15) is 56.6 Å². The van der Waals surface area contributed by atoms with Crippen LogP contribution in [0, 0.1) is 0 Å². The maximum absolute atomic E-state index is 12.9. The summed E-state index contributed by atoms with van der Waals surface area (Å²) >= 11 is 0. The van der Waals surface area contributed by atoms with E-state index >= 15 is 0 Å². The normalized spacial score (nSPS) is 22.2. The molecule has 2 aliphatic rings. The van der Waals surface area contributed by atoms with E-state index in [2.05, 4.69) is 12.2 Å². The fourth-order valence-corrected chi connectivity index (χ4v) is 3.55. The highest BCUT2D eigenvalue weighted by Crippen LogP contribution is 2.31. The lowest BCUT2D eigenvalue weighted by molar-refractivity contribution is -0.134. The Balaban J connectivity index is 1.73. The number of carbonyl (C=O) groups is 2. The molecule has 1 unspecified atom stereocenters. The van der Waals surface area contributed by atoms with Crippen molar-refractivity contribution in [2.75, 3.05) is 26.2 Å². The lowest BCUT2D eigenvalue weighted by atomic mass is 10.1. The van der Waals surface area contributed by atoms with Crippen molar-refractivity contribution in [3.63, 3.8) is 0 Å². The van der Waals surface area contributed by atoms with E-state index in [1.54, 1.807) is 4.90 Å². The second-order valence-electron chi connectivity index (χ2n) is 6.62. The summed E-state index contributed by atoms with van der Waals surface area (Å²) in [6.07, 6.45) is 5.91. The molecule has 6 nitrogen and oxygen atoms in total. The van der Waals surface area contributed by atoms with Crippen LogP contribution in [0.25, 0.3) is 0 Å². The molecule has 2 aliphatic heterocycles. The van der Waals surface area contributed by atoms with Crippen molar-refractivity contribution in [1.82, 2.24) is 15.1 Å². The summed E-state index contributed by atoms with van der Waals surface area (Å²) in [5.74, 6) is 1.86. The van der Waals surface area contributed by atoms with Gasteiger partial charge in [-0.3, -0.25) is 4.79 Å². The van der Waals surface area contributed by atoms with E-state index in [9.17, 15) is 9.59 Å². The van der Waals surface area contributed by atoms with Gasteiger partial charge in [-0.15, -0.1) is 0 Å². The Kier molecular flexibility index (Phi) is 5.43. The van der Waals surface area contributed by atoms with Gasteiger partial charge in [-0.2, -0.15) is 0 Å². The summed E-state index contributed by atoms with van der Waals surface area (Å²) < 4.78 is 5.93. The molecular formula is C18H27N3O3. The largest absolute Gasteiger partial charge is 0.464 e. The molecule has 2 fully saturated rings. The number of amides is 3. The van der Waals surface area contributed by atoms with E-state index in [-0.39, 0.29) is 24.5 Å². The molecule has 0 aliphatic carbocycles. The number of hydrogen-bond donors (Lipinski definition) is 1. The molecule has 132 valence electrons. The fraction of sp³-hybridized carbons (Fsp3) is 0.667. The first-order valence-electron chi connectivity index (χ1n) is 9.10. The standard InChI is InChI=1S/C18H27N3O3/c1-2-14-8-9-16(24-14)15-7-4-3-5-12-21(15)17(22)13-20-11-6-10-19-18(20)23/h8-9,15H,2-7,10-13H2,1H3,(H,19,23).